The van der Waals surface area contributed by atoms with Crippen molar-refractivity contribution in [3.8, 4) is 11.3 Å². The molecule has 166 valence electrons. The standard InChI is InChI=1S/C24H28N6O2/c1-30-20-14-17(24(31)25-12-5-8-21-26-28-29-27-21)9-10-19(20)22(16-6-3-2-4-7-16)23(30)18-11-13-32-15-18/h9-11,13-16H,2-8,12H2,1H3,(H,25,31)(H,26,27,28,29). The Bertz CT molecular complexity index is 1190. The minimum Gasteiger partial charge on any atom is -0.472 e. The minimum atomic E-state index is -0.0645. The number of aryl methyl sites for hydroxylation is 2. The molecule has 1 amide bonds. The molecule has 0 atom stereocenters. The number of carbonyl (C=O) groups is 1. The van der Waals surface area contributed by atoms with Gasteiger partial charge in [-0.05, 0) is 48.9 Å². The van der Waals surface area contributed by atoms with Crippen molar-refractivity contribution in [1.82, 2.24) is 30.5 Å². The van der Waals surface area contributed by atoms with Crippen LogP contribution in [0.15, 0.2) is 41.2 Å². The van der Waals surface area contributed by atoms with Crippen molar-refractivity contribution in [2.45, 2.75) is 50.9 Å². The Labute approximate surface area is 186 Å². The molecule has 1 saturated carbocycles. The third-order valence-corrected chi connectivity index (χ3v) is 6.56. The van der Waals surface area contributed by atoms with E-state index in [4.69, 9.17) is 4.42 Å². The Morgan fingerprint density at radius 1 is 1.25 bits per heavy atom. The predicted octanol–water partition coefficient (Wildman–Crippen LogP) is 4.36. The lowest BCUT2D eigenvalue weighted by molar-refractivity contribution is 0.0953. The summed E-state index contributed by atoms with van der Waals surface area (Å²) in [6, 6.07) is 8.11. The van der Waals surface area contributed by atoms with Gasteiger partial charge in [0.1, 0.15) is 0 Å². The molecule has 0 unspecified atom stereocenters. The summed E-state index contributed by atoms with van der Waals surface area (Å²) >= 11 is 0. The molecule has 0 saturated heterocycles. The molecule has 8 nitrogen and oxygen atoms in total. The lowest BCUT2D eigenvalue weighted by atomic mass is 9.82. The van der Waals surface area contributed by atoms with Crippen LogP contribution in [0.25, 0.3) is 22.2 Å². The summed E-state index contributed by atoms with van der Waals surface area (Å²) in [5.74, 6) is 1.14. The monoisotopic (exact) mass is 432 g/mol. The smallest absolute Gasteiger partial charge is 0.251 e. The summed E-state index contributed by atoms with van der Waals surface area (Å²) in [6.45, 7) is 0.562. The van der Waals surface area contributed by atoms with Crippen LogP contribution in [0.2, 0.25) is 0 Å². The van der Waals surface area contributed by atoms with Gasteiger partial charge in [0.25, 0.3) is 5.91 Å². The molecule has 8 heteroatoms. The Hall–Kier alpha value is -3.42. The first-order valence-corrected chi connectivity index (χ1v) is 11.4. The predicted molar refractivity (Wildman–Crippen MR) is 121 cm³/mol. The molecule has 1 aliphatic carbocycles. The Morgan fingerprint density at radius 2 is 2.12 bits per heavy atom. The molecule has 4 aromatic rings. The summed E-state index contributed by atoms with van der Waals surface area (Å²) in [6.07, 6.45) is 11.3. The molecular formula is C24H28N6O2. The van der Waals surface area contributed by atoms with Crippen LogP contribution >= 0.6 is 0 Å². The van der Waals surface area contributed by atoms with Gasteiger partial charge in [0.15, 0.2) is 5.82 Å². The molecule has 1 fully saturated rings. The number of nitrogens with zero attached hydrogens (tertiary/aromatic N) is 4. The zero-order chi connectivity index (χ0) is 21.9. The molecule has 3 aromatic heterocycles. The Balaban J connectivity index is 1.42. The van der Waals surface area contributed by atoms with Crippen molar-refractivity contribution in [2.75, 3.05) is 6.54 Å². The summed E-state index contributed by atoms with van der Waals surface area (Å²) in [5.41, 5.74) is 5.46. The molecule has 1 aromatic carbocycles. The van der Waals surface area contributed by atoms with Crippen LogP contribution in [0.3, 0.4) is 0 Å². The van der Waals surface area contributed by atoms with Gasteiger partial charge in [-0.1, -0.05) is 30.5 Å². The second kappa shape index (κ2) is 8.98. The number of hydrogen-bond donors (Lipinski definition) is 2. The largest absolute Gasteiger partial charge is 0.472 e. The van der Waals surface area contributed by atoms with Crippen molar-refractivity contribution in [1.29, 1.82) is 0 Å². The van der Waals surface area contributed by atoms with E-state index in [0.717, 1.165) is 17.5 Å². The lowest BCUT2D eigenvalue weighted by Crippen LogP contribution is -2.24. The third kappa shape index (κ3) is 3.92. The molecule has 3 heterocycles. The fraction of sp³-hybridized carbons (Fsp3) is 0.417. The number of aromatic amines is 1. The summed E-state index contributed by atoms with van der Waals surface area (Å²) in [7, 11) is 2.09. The Morgan fingerprint density at radius 3 is 2.88 bits per heavy atom. The van der Waals surface area contributed by atoms with Gasteiger partial charge in [-0.2, -0.15) is 5.21 Å². The van der Waals surface area contributed by atoms with Gasteiger partial charge in [0.05, 0.1) is 18.2 Å². The van der Waals surface area contributed by atoms with Crippen molar-refractivity contribution in [2.24, 2.45) is 7.05 Å². The maximum atomic E-state index is 12.8. The average Bonchev–Trinajstić information content (AvgIpc) is 3.58. The highest BCUT2D eigenvalue weighted by atomic mass is 16.3. The van der Waals surface area contributed by atoms with E-state index in [0.29, 0.717) is 30.3 Å². The molecule has 0 spiro atoms. The van der Waals surface area contributed by atoms with E-state index in [1.165, 1.54) is 48.7 Å². The fourth-order valence-corrected chi connectivity index (χ4v) is 5.00. The number of furan rings is 1. The first kappa shape index (κ1) is 20.5. The number of fused-ring (bicyclic) bond motifs is 1. The molecule has 2 N–H and O–H groups in total. The van der Waals surface area contributed by atoms with Gasteiger partial charge in [0, 0.05) is 42.0 Å². The zero-order valence-electron chi connectivity index (χ0n) is 18.3. The second-order valence-electron chi connectivity index (χ2n) is 8.59. The highest BCUT2D eigenvalue weighted by molar-refractivity contribution is 6.00. The van der Waals surface area contributed by atoms with Crippen molar-refractivity contribution in [3.63, 3.8) is 0 Å². The van der Waals surface area contributed by atoms with E-state index < -0.39 is 0 Å². The van der Waals surface area contributed by atoms with Gasteiger partial charge in [0.2, 0.25) is 0 Å². The van der Waals surface area contributed by atoms with Gasteiger partial charge < -0.3 is 14.3 Å². The van der Waals surface area contributed by atoms with Crippen LogP contribution in [0.4, 0.5) is 0 Å². The second-order valence-corrected chi connectivity index (χ2v) is 8.59. The van der Waals surface area contributed by atoms with Gasteiger partial charge in [-0.3, -0.25) is 4.79 Å². The van der Waals surface area contributed by atoms with Gasteiger partial charge in [-0.25, -0.2) is 0 Å². The van der Waals surface area contributed by atoms with Gasteiger partial charge >= 0.3 is 0 Å². The number of carbonyl (C=O) groups excluding carboxylic acids is 1. The van der Waals surface area contributed by atoms with E-state index in [9.17, 15) is 4.79 Å². The molecule has 0 radical (unpaired) electrons. The number of amides is 1. The summed E-state index contributed by atoms with van der Waals surface area (Å²) < 4.78 is 7.63. The SMILES string of the molecule is Cn1c(-c2ccoc2)c(C2CCCCC2)c2ccc(C(=O)NCCCc3nn[nH]n3)cc21. The molecule has 32 heavy (non-hydrogen) atoms. The first-order chi connectivity index (χ1) is 15.7. The minimum absolute atomic E-state index is 0.0645. The quantitative estimate of drug-likeness (QED) is 0.423. The maximum Gasteiger partial charge on any atom is 0.251 e. The average molecular weight is 433 g/mol. The summed E-state index contributed by atoms with van der Waals surface area (Å²) in [4.78, 5) is 12.8. The number of hydrogen-bond acceptors (Lipinski definition) is 5. The van der Waals surface area contributed by atoms with E-state index >= 15 is 0 Å². The van der Waals surface area contributed by atoms with Crippen LogP contribution < -0.4 is 5.32 Å². The van der Waals surface area contributed by atoms with E-state index in [1.807, 2.05) is 24.5 Å². The summed E-state index contributed by atoms with van der Waals surface area (Å²) in [5, 5.41) is 18.1. The maximum absolute atomic E-state index is 12.8. The molecule has 0 bridgehead atoms. The number of benzene rings is 1. The highest BCUT2D eigenvalue weighted by Crippen LogP contribution is 2.43. The molecule has 0 aliphatic heterocycles. The number of rotatable bonds is 7. The van der Waals surface area contributed by atoms with E-state index in [1.54, 1.807) is 6.26 Å². The number of aromatic nitrogens is 5. The van der Waals surface area contributed by atoms with Crippen LogP contribution in [0.5, 0.6) is 0 Å². The van der Waals surface area contributed by atoms with Crippen molar-refractivity contribution >= 4 is 16.8 Å². The number of nitrogens with one attached hydrogen (secondary N) is 2. The van der Waals surface area contributed by atoms with Gasteiger partial charge in [-0.15, -0.1) is 10.2 Å². The van der Waals surface area contributed by atoms with Crippen LogP contribution in [0, 0.1) is 0 Å². The normalized spacial score (nSPS) is 14.8. The molecule has 5 rings (SSSR count). The molecular weight excluding hydrogens is 404 g/mol. The zero-order valence-corrected chi connectivity index (χ0v) is 18.3. The van der Waals surface area contributed by atoms with Crippen molar-refractivity contribution in [3.05, 3.63) is 53.7 Å². The number of H-pyrrole nitrogens is 1. The van der Waals surface area contributed by atoms with Crippen LogP contribution in [-0.2, 0) is 13.5 Å². The van der Waals surface area contributed by atoms with E-state index in [-0.39, 0.29) is 5.91 Å². The topological polar surface area (TPSA) is 102 Å². The van der Waals surface area contributed by atoms with Crippen LogP contribution in [-0.4, -0.2) is 37.6 Å². The van der Waals surface area contributed by atoms with E-state index in [2.05, 4.69) is 43.6 Å². The molecule has 1 aliphatic rings. The first-order valence-electron chi connectivity index (χ1n) is 11.4. The van der Waals surface area contributed by atoms with Crippen molar-refractivity contribution < 1.29 is 9.21 Å². The fourth-order valence-electron chi connectivity index (χ4n) is 5.00. The third-order valence-electron chi connectivity index (χ3n) is 6.56. The highest BCUT2D eigenvalue weighted by Gasteiger charge is 2.26. The number of tetrazole rings is 1. The Kier molecular flexibility index (Phi) is 5.75. The lowest BCUT2D eigenvalue weighted by Gasteiger charge is -2.23. The van der Waals surface area contributed by atoms with Crippen LogP contribution in [0.1, 0.15) is 66.2 Å².